The van der Waals surface area contributed by atoms with Crippen LogP contribution in [-0.4, -0.2) is 211 Å². The molecule has 6 fully saturated rings. The lowest BCUT2D eigenvalue weighted by Crippen LogP contribution is -2.53. The Balaban J connectivity index is 0.00000136. The Morgan fingerprint density at radius 2 is 0.933 bits per heavy atom. The van der Waals surface area contributed by atoms with Gasteiger partial charge in [-0.3, -0.25) is 38.2 Å². The van der Waals surface area contributed by atoms with E-state index >= 15 is 0 Å². The second kappa shape index (κ2) is 43.2. The van der Waals surface area contributed by atoms with Gasteiger partial charge in [0, 0.05) is 74.5 Å². The van der Waals surface area contributed by atoms with Gasteiger partial charge in [-0.2, -0.15) is 14.7 Å². The number of rotatable bonds is 7. The molecule has 23 nitrogen and oxygen atoms in total. The Morgan fingerprint density at radius 3 is 1.22 bits per heavy atom. The van der Waals surface area contributed by atoms with Gasteiger partial charge in [0.05, 0.1) is 45.1 Å². The van der Waals surface area contributed by atoms with E-state index in [2.05, 4.69) is 276 Å². The number of sulfone groups is 1. The van der Waals surface area contributed by atoms with Gasteiger partial charge in [-0.15, -0.1) is 57.2 Å². The average molecular weight is 1780 g/mol. The Morgan fingerprint density at radius 1 is 0.517 bits per heavy atom. The van der Waals surface area contributed by atoms with Gasteiger partial charge in [-0.25, -0.2) is 8.42 Å². The number of carbonyl (C=O) groups excluding carboxylic acids is 9. The van der Waals surface area contributed by atoms with Crippen LogP contribution in [0.1, 0.15) is 364 Å². The van der Waals surface area contributed by atoms with E-state index in [1.54, 1.807) is 34.8 Å². The van der Waals surface area contributed by atoms with Gasteiger partial charge < -0.3 is 38.7 Å². The number of carbonyl (C=O) groups is 7. The largest absolute Gasteiger partial charge is 0.466 e. The van der Waals surface area contributed by atoms with Gasteiger partial charge in [0.25, 0.3) is 6.47 Å². The van der Waals surface area contributed by atoms with Gasteiger partial charge >= 0.3 is 6.15 Å². The first-order chi connectivity index (χ1) is 53.6. The predicted molar refractivity (Wildman–Crippen MR) is 502 cm³/mol. The zero-order valence-corrected chi connectivity index (χ0v) is 88.1. The number of hydrogen-bond donors (Lipinski definition) is 0. The molecule has 0 N–H and O–H groups in total. The predicted octanol–water partition coefficient (Wildman–Crippen LogP) is 19.8. The molecule has 8 heterocycles. The molecule has 6 amide bonds. The van der Waals surface area contributed by atoms with Crippen molar-refractivity contribution in [3.63, 3.8) is 0 Å². The summed E-state index contributed by atoms with van der Waals surface area (Å²) in [6.07, 6.45) is 7.76. The van der Waals surface area contributed by atoms with Gasteiger partial charge in [-0.1, -0.05) is 173 Å². The summed E-state index contributed by atoms with van der Waals surface area (Å²) in [5.41, 5.74) is 0.818. The summed E-state index contributed by atoms with van der Waals surface area (Å²) in [4.78, 5) is 110. The third-order valence-electron chi connectivity index (χ3n) is 19.6. The number of ether oxygens (including phenoxy) is 1. The zero-order valence-electron chi connectivity index (χ0n) is 85.0. The van der Waals surface area contributed by atoms with E-state index in [1.165, 1.54) is 22.4 Å². The second-order valence-electron chi connectivity index (χ2n) is 47.2. The smallest absolute Gasteiger partial charge is 0.373 e. The van der Waals surface area contributed by atoms with Crippen LogP contribution in [0, 0.1) is 33.0 Å². The van der Waals surface area contributed by atoms with Crippen LogP contribution in [0.3, 0.4) is 0 Å². The highest BCUT2D eigenvalue weighted by molar-refractivity contribution is 8.02. The van der Waals surface area contributed by atoms with Gasteiger partial charge in [0.2, 0.25) is 35.4 Å². The van der Waals surface area contributed by atoms with E-state index in [0.717, 1.165) is 31.5 Å². The number of hydrogen-bond acceptors (Lipinski definition) is 19. The third-order valence-corrected chi connectivity index (χ3v) is 28.7. The van der Waals surface area contributed by atoms with Crippen molar-refractivity contribution >= 4 is 105 Å². The molecule has 28 heteroatoms. The molecule has 696 valence electrons. The lowest BCUT2D eigenvalue weighted by Gasteiger charge is -2.43. The lowest BCUT2D eigenvalue weighted by atomic mass is 9.83. The monoisotopic (exact) mass is 1780 g/mol. The molecule has 6 saturated heterocycles. The van der Waals surface area contributed by atoms with Gasteiger partial charge in [-0.05, 0) is 211 Å². The maximum Gasteiger partial charge on any atom is 0.373 e. The topological polar surface area (TPSA) is 265 Å². The van der Waals surface area contributed by atoms with E-state index in [9.17, 15) is 42.0 Å². The second-order valence-corrected chi connectivity index (χ2v) is 53.9. The molecule has 0 spiro atoms. The number of aromatic nitrogens is 5. The van der Waals surface area contributed by atoms with Crippen molar-refractivity contribution in [3.05, 3.63) is 30.1 Å². The van der Waals surface area contributed by atoms with Crippen LogP contribution >= 0.6 is 47.0 Å². The molecule has 0 aromatic carbocycles. The molecule has 8 rings (SSSR count). The van der Waals surface area contributed by atoms with Crippen LogP contribution in [0.5, 0.6) is 0 Å². The van der Waals surface area contributed by atoms with Gasteiger partial charge in [0.1, 0.15) is 35.1 Å². The Labute approximate surface area is 748 Å². The van der Waals surface area contributed by atoms with Crippen molar-refractivity contribution in [2.75, 3.05) is 23.9 Å². The number of amides is 6. The van der Waals surface area contributed by atoms with Gasteiger partial charge in [0.15, 0.2) is 9.84 Å². The highest BCUT2D eigenvalue weighted by atomic mass is 32.2. The summed E-state index contributed by atoms with van der Waals surface area (Å²) in [5.74, 6) is 2.77. The molecule has 0 aliphatic carbocycles. The van der Waals surface area contributed by atoms with E-state index in [0.29, 0.717) is 46.6 Å². The van der Waals surface area contributed by atoms with Crippen LogP contribution in [0.2, 0.25) is 0 Å². The Kier molecular flexibility index (Phi) is 40.9. The summed E-state index contributed by atoms with van der Waals surface area (Å²) in [7, 11) is -3.35. The fraction of sp³-hybridized carbons (Fsp3) is 0.859. The normalized spacial score (nSPS) is 23.0. The van der Waals surface area contributed by atoms with Crippen molar-refractivity contribution in [3.8, 4) is 0 Å². The van der Waals surface area contributed by atoms with Crippen LogP contribution in [0.15, 0.2) is 18.6 Å². The summed E-state index contributed by atoms with van der Waals surface area (Å²) in [6, 6.07) is 2.63. The molecule has 8 atom stereocenters. The van der Waals surface area contributed by atoms with Crippen LogP contribution in [0.25, 0.3) is 0 Å². The molecule has 0 bridgehead atoms. The average Bonchev–Trinajstić information content (AvgIpc) is 1.60. The zero-order chi connectivity index (χ0) is 96.3. The molecule has 0 saturated carbocycles. The summed E-state index contributed by atoms with van der Waals surface area (Å²) >= 11 is 6.66. The maximum atomic E-state index is 12.5. The standard InChI is InChI=1S/C14H27NOS.C13H23NO3S.C12H23NO.C11H20N2.C11H21NO3S.C11H21NOS.C10H19N3.C9H17NOS.CO2/c1-8-9-10-11(16)15(14(5,6)7)12(17-10)13(2,3)4;1-12(2,3)11-14(13(4,5)6)10(16)9(18-11)7-17-8-15;1-11(2,3)9-7-8-10(14)13(9)12(4,5)6;1-10(2,3)9-7-8-12-13(9)11(4,5)6;1-10(2,3)9-12(11(4,5)6)8(13)7-16(9,14)15;1-10(2,3)9-12(11(4,5)6)8(13)7-14-9;1-9(2,3)8-12-11-7-13(8)10(4,5)6;1-6(2)9-10(7(3)4)8(11)5-12-9;2-1-3/h10,12H,8-9H2,1-7H3;8-9,11H,7H2,1-6H3;9H,7-8H2,1-6H3;7-8H,1-6H3;9H,7H2,1-6H3;9H,7H2,1-6H3;7H,1-6H3;6-7,9H,5H2,1-4H3;/i;;;;;;;9D;. The minimum atomic E-state index is -3.35. The summed E-state index contributed by atoms with van der Waals surface area (Å²) in [6.45, 7) is 99.4. The molecule has 120 heavy (non-hydrogen) atoms. The highest BCUT2D eigenvalue weighted by Gasteiger charge is 2.55. The first-order valence-electron chi connectivity index (χ1n) is 43.3. The third kappa shape index (κ3) is 34.3. The van der Waals surface area contributed by atoms with E-state index < -0.39 is 31.5 Å². The molecule has 6 aliphatic rings. The molecular weight excluding hydrogens is 1610 g/mol. The van der Waals surface area contributed by atoms with Crippen molar-refractivity contribution in [2.45, 2.75) is 450 Å². The molecule has 8 unspecified atom stereocenters. The number of thioether (sulfide) groups is 4. The minimum absolute atomic E-state index is 0.0104. The van der Waals surface area contributed by atoms with Crippen molar-refractivity contribution < 1.29 is 57.7 Å². The Bertz CT molecular complexity index is 3660. The van der Waals surface area contributed by atoms with E-state index in [4.69, 9.17) is 15.7 Å². The molecular formula is C92H171N11O12S5. The first kappa shape index (κ1) is 113. The van der Waals surface area contributed by atoms with Crippen LogP contribution in [0.4, 0.5) is 0 Å². The molecule has 0 radical (unpaired) electrons. The Hall–Kier alpha value is -4.63. The maximum absolute atomic E-state index is 12.5. The van der Waals surface area contributed by atoms with Crippen LogP contribution in [-0.2, 0) is 79.6 Å². The summed E-state index contributed by atoms with van der Waals surface area (Å²) < 4.78 is 41.2. The first-order valence-corrected chi connectivity index (χ1v) is 48.5. The lowest BCUT2D eigenvalue weighted by molar-refractivity contribution is -0.192. The van der Waals surface area contributed by atoms with Crippen LogP contribution < -0.4 is 0 Å². The number of likely N-dealkylation sites (tertiary alicyclic amines) is 1. The highest BCUT2D eigenvalue weighted by Crippen LogP contribution is 2.49. The summed E-state index contributed by atoms with van der Waals surface area (Å²) in [5, 5.41) is 11.7. The van der Waals surface area contributed by atoms with E-state index in [-0.39, 0.29) is 136 Å². The molecule has 6 aliphatic heterocycles. The van der Waals surface area contributed by atoms with Crippen molar-refractivity contribution in [1.82, 2.24) is 53.9 Å². The SMILES string of the molecule is CC(C)(C)C1CCC(=O)N1C(C)(C)C.CC(C)(C)C1N(C(C)(C)C)C(=O)CS1(=O)=O.CC(C)(C)C1SC(COC=O)C(=O)N1C(C)(C)C.CC(C)(C)C1SCC(=O)N1C(C)(C)C.CC(C)(C)c1ccnn1C(C)(C)C.CC(C)(C)c1nncn1C(C)(C)C.CCCC1SC(C(C)(C)C)N(C(C)(C)C)C1=O.O=C=O.[2H]C1(C(C)C)SCC(=O)N1C(C)C. The van der Waals surface area contributed by atoms with E-state index in [1.807, 2.05) is 118 Å². The van der Waals surface area contributed by atoms with Crippen molar-refractivity contribution in [2.24, 2.45) is 33.0 Å². The quantitative estimate of drug-likeness (QED) is 0.233. The fourth-order valence-corrected chi connectivity index (χ4v) is 23.5. The van der Waals surface area contributed by atoms with Crippen molar-refractivity contribution in [1.29, 1.82) is 0 Å². The number of nitrogens with zero attached hydrogens (tertiary/aromatic N) is 11. The fourth-order valence-electron chi connectivity index (χ4n) is 14.8. The molecule has 2 aromatic heterocycles. The minimum Gasteiger partial charge on any atom is -0.466 e. The molecule has 2 aromatic rings.